The van der Waals surface area contributed by atoms with E-state index in [2.05, 4.69) is 14.9 Å². The molecular weight excluding hydrogens is 268 g/mol. The zero-order valence-corrected chi connectivity index (χ0v) is 11.4. The molecule has 0 radical (unpaired) electrons. The maximum atomic E-state index is 12.0. The van der Waals surface area contributed by atoms with Crippen LogP contribution in [0.4, 0.5) is 9.80 Å². The van der Waals surface area contributed by atoms with Crippen LogP contribution in [0.5, 0.6) is 0 Å². The molecule has 1 aliphatic heterocycles. The minimum atomic E-state index is -0.816. The van der Waals surface area contributed by atoms with Gasteiger partial charge in [0.1, 0.15) is 5.00 Å². The van der Waals surface area contributed by atoms with E-state index in [1.807, 2.05) is 6.92 Å². The number of nitrogens with zero attached hydrogens (tertiary/aromatic N) is 3. The molecule has 1 fully saturated rings. The van der Waals surface area contributed by atoms with Crippen molar-refractivity contribution in [1.82, 2.24) is 14.5 Å². The van der Waals surface area contributed by atoms with Crippen LogP contribution >= 0.6 is 11.5 Å². The maximum Gasteiger partial charge on any atom is 0.322 e. The highest BCUT2D eigenvalue weighted by molar-refractivity contribution is 7.10. The summed E-state index contributed by atoms with van der Waals surface area (Å²) in [5.74, 6) is -0.816. The third kappa shape index (κ3) is 2.83. The van der Waals surface area contributed by atoms with Gasteiger partial charge in [-0.15, -0.1) is 5.10 Å². The lowest BCUT2D eigenvalue weighted by atomic mass is 9.83. The van der Waals surface area contributed by atoms with Gasteiger partial charge < -0.3 is 10.0 Å². The van der Waals surface area contributed by atoms with Crippen LogP contribution in [-0.4, -0.2) is 44.7 Å². The molecule has 104 valence electrons. The average molecular weight is 284 g/mol. The minimum Gasteiger partial charge on any atom is -0.481 e. The highest BCUT2D eigenvalue weighted by atomic mass is 32.1. The summed E-state index contributed by atoms with van der Waals surface area (Å²) in [5.41, 5.74) is -0.794. The highest BCUT2D eigenvalue weighted by Gasteiger charge is 2.45. The second kappa shape index (κ2) is 5.52. The summed E-state index contributed by atoms with van der Waals surface area (Å²) in [5, 5.41) is 16.2. The van der Waals surface area contributed by atoms with Gasteiger partial charge in [0.15, 0.2) is 0 Å². The van der Waals surface area contributed by atoms with Crippen LogP contribution in [0.15, 0.2) is 6.20 Å². The number of aromatic nitrogens is 2. The van der Waals surface area contributed by atoms with Crippen molar-refractivity contribution in [2.24, 2.45) is 5.41 Å². The molecule has 1 saturated heterocycles. The standard InChI is InChI=1S/C11H16N4O3S/c1-2-3-11(9(16)17)4-5-15(7-11)10(18)13-8-6-12-14-19-8/h6H,2-5,7H2,1H3,(H,13,18)(H,16,17). The van der Waals surface area contributed by atoms with E-state index in [0.29, 0.717) is 24.4 Å². The van der Waals surface area contributed by atoms with Gasteiger partial charge in [-0.05, 0) is 12.8 Å². The van der Waals surface area contributed by atoms with Crippen LogP contribution in [-0.2, 0) is 4.79 Å². The van der Waals surface area contributed by atoms with Gasteiger partial charge in [-0.25, -0.2) is 4.79 Å². The fraction of sp³-hybridized carbons (Fsp3) is 0.636. The quantitative estimate of drug-likeness (QED) is 0.876. The zero-order chi connectivity index (χ0) is 13.9. The summed E-state index contributed by atoms with van der Waals surface area (Å²) in [4.78, 5) is 25.0. The molecule has 0 spiro atoms. The lowest BCUT2D eigenvalue weighted by molar-refractivity contribution is -0.148. The number of hydrogen-bond donors (Lipinski definition) is 2. The Morgan fingerprint density at radius 2 is 2.42 bits per heavy atom. The number of hydrogen-bond acceptors (Lipinski definition) is 5. The van der Waals surface area contributed by atoms with Crippen molar-refractivity contribution >= 4 is 28.5 Å². The van der Waals surface area contributed by atoms with Crippen LogP contribution in [0.3, 0.4) is 0 Å². The van der Waals surface area contributed by atoms with Gasteiger partial charge in [-0.3, -0.25) is 10.1 Å². The number of carboxylic acids is 1. The van der Waals surface area contributed by atoms with E-state index in [0.717, 1.165) is 18.0 Å². The van der Waals surface area contributed by atoms with E-state index in [1.54, 1.807) is 4.90 Å². The Hall–Kier alpha value is -1.70. The molecule has 2 amide bonds. The van der Waals surface area contributed by atoms with E-state index in [4.69, 9.17) is 0 Å². The monoisotopic (exact) mass is 284 g/mol. The van der Waals surface area contributed by atoms with Crippen LogP contribution in [0.2, 0.25) is 0 Å². The lowest BCUT2D eigenvalue weighted by Gasteiger charge is -2.24. The SMILES string of the molecule is CCCC1(C(=O)O)CCN(C(=O)Nc2cnns2)C1. The summed E-state index contributed by atoms with van der Waals surface area (Å²) in [6.45, 7) is 2.68. The van der Waals surface area contributed by atoms with Gasteiger partial charge in [0.2, 0.25) is 0 Å². The minimum absolute atomic E-state index is 0.258. The van der Waals surface area contributed by atoms with Crippen LogP contribution < -0.4 is 5.32 Å². The Bertz CT molecular complexity index is 465. The Morgan fingerprint density at radius 1 is 1.63 bits per heavy atom. The Morgan fingerprint density at radius 3 is 3.00 bits per heavy atom. The Labute approximate surface area is 114 Å². The Balaban J connectivity index is 2.00. The second-order valence-electron chi connectivity index (χ2n) is 4.72. The van der Waals surface area contributed by atoms with E-state index in [1.165, 1.54) is 6.20 Å². The third-order valence-corrected chi connectivity index (χ3v) is 3.99. The molecule has 1 aromatic rings. The number of carbonyl (C=O) groups is 2. The third-order valence-electron chi connectivity index (χ3n) is 3.41. The number of nitrogens with one attached hydrogen (secondary N) is 1. The molecular formula is C11H16N4O3S. The van der Waals surface area contributed by atoms with E-state index in [-0.39, 0.29) is 12.6 Å². The fourth-order valence-corrected chi connectivity index (χ4v) is 2.83. The summed E-state index contributed by atoms with van der Waals surface area (Å²) < 4.78 is 3.65. The topological polar surface area (TPSA) is 95.4 Å². The molecule has 8 heteroatoms. The predicted octanol–water partition coefficient (Wildman–Crippen LogP) is 1.65. The van der Waals surface area contributed by atoms with Crippen LogP contribution in [0, 0.1) is 5.41 Å². The number of amides is 2. The molecule has 2 rings (SSSR count). The van der Waals surface area contributed by atoms with Gasteiger partial charge in [0.05, 0.1) is 11.6 Å². The van der Waals surface area contributed by atoms with Crippen molar-refractivity contribution in [2.45, 2.75) is 26.2 Å². The van der Waals surface area contributed by atoms with Crippen molar-refractivity contribution in [3.05, 3.63) is 6.20 Å². The zero-order valence-electron chi connectivity index (χ0n) is 10.6. The summed E-state index contributed by atoms with van der Waals surface area (Å²) in [6.07, 6.45) is 3.36. The van der Waals surface area contributed by atoms with Crippen molar-refractivity contribution in [3.8, 4) is 0 Å². The van der Waals surface area contributed by atoms with Gasteiger partial charge in [-0.1, -0.05) is 17.8 Å². The summed E-state index contributed by atoms with van der Waals surface area (Å²) in [7, 11) is 0. The number of anilines is 1. The molecule has 0 saturated carbocycles. The first-order valence-corrected chi connectivity index (χ1v) is 6.91. The number of carbonyl (C=O) groups excluding carboxylic acids is 1. The summed E-state index contributed by atoms with van der Waals surface area (Å²) >= 11 is 1.09. The molecule has 1 atom stereocenters. The fourth-order valence-electron chi connectivity index (χ4n) is 2.42. The predicted molar refractivity (Wildman–Crippen MR) is 70.1 cm³/mol. The first-order chi connectivity index (χ1) is 9.07. The van der Waals surface area contributed by atoms with Crippen LogP contribution in [0.25, 0.3) is 0 Å². The molecule has 1 aromatic heterocycles. The molecule has 2 N–H and O–H groups in total. The van der Waals surface area contributed by atoms with Crippen molar-refractivity contribution in [2.75, 3.05) is 18.4 Å². The summed E-state index contributed by atoms with van der Waals surface area (Å²) in [6, 6.07) is -0.287. The molecule has 1 unspecified atom stereocenters. The van der Waals surface area contributed by atoms with Gasteiger partial charge >= 0.3 is 12.0 Å². The molecule has 0 aromatic carbocycles. The molecule has 0 bridgehead atoms. The molecule has 0 aliphatic carbocycles. The second-order valence-corrected chi connectivity index (χ2v) is 5.50. The van der Waals surface area contributed by atoms with Crippen LogP contribution in [0.1, 0.15) is 26.2 Å². The number of likely N-dealkylation sites (tertiary alicyclic amines) is 1. The van der Waals surface area contributed by atoms with E-state index >= 15 is 0 Å². The van der Waals surface area contributed by atoms with Gasteiger partial charge in [-0.2, -0.15) is 0 Å². The molecule has 19 heavy (non-hydrogen) atoms. The van der Waals surface area contributed by atoms with Crippen molar-refractivity contribution < 1.29 is 14.7 Å². The molecule has 7 nitrogen and oxygen atoms in total. The van der Waals surface area contributed by atoms with E-state index in [9.17, 15) is 14.7 Å². The van der Waals surface area contributed by atoms with Gasteiger partial charge in [0.25, 0.3) is 0 Å². The van der Waals surface area contributed by atoms with Crippen molar-refractivity contribution in [1.29, 1.82) is 0 Å². The smallest absolute Gasteiger partial charge is 0.322 e. The molecule has 2 heterocycles. The number of urea groups is 1. The Kier molecular flexibility index (Phi) is 3.98. The van der Waals surface area contributed by atoms with E-state index < -0.39 is 11.4 Å². The first-order valence-electron chi connectivity index (χ1n) is 6.14. The average Bonchev–Trinajstić information content (AvgIpc) is 2.99. The molecule has 1 aliphatic rings. The normalized spacial score (nSPS) is 22.5. The number of carboxylic acid groups (broad SMARTS) is 1. The number of rotatable bonds is 4. The number of aliphatic carboxylic acids is 1. The van der Waals surface area contributed by atoms with Gasteiger partial charge in [0, 0.05) is 24.6 Å². The highest BCUT2D eigenvalue weighted by Crippen LogP contribution is 2.35. The van der Waals surface area contributed by atoms with Crippen molar-refractivity contribution in [3.63, 3.8) is 0 Å². The maximum absolute atomic E-state index is 12.0. The lowest BCUT2D eigenvalue weighted by Crippen LogP contribution is -2.38. The first kappa shape index (κ1) is 13.7. The largest absolute Gasteiger partial charge is 0.481 e.